The average Bonchev–Trinajstić information content (AvgIpc) is 3.48. The molecule has 5 fully saturated rings. The van der Waals surface area contributed by atoms with Crippen LogP contribution in [0.2, 0.25) is 0 Å². The van der Waals surface area contributed by atoms with Crippen LogP contribution in [0.4, 0.5) is 5.13 Å². The van der Waals surface area contributed by atoms with Gasteiger partial charge in [-0.15, -0.1) is 10.2 Å². The first kappa shape index (κ1) is 25.2. The lowest BCUT2D eigenvalue weighted by Crippen LogP contribution is -2.58. The molecule has 6 rings (SSSR count). The van der Waals surface area contributed by atoms with Crippen LogP contribution in [-0.2, 0) is 4.79 Å². The molecule has 0 radical (unpaired) electrons. The maximum atomic E-state index is 12.7. The van der Waals surface area contributed by atoms with Crippen LogP contribution in [0, 0.1) is 46.3 Å². The van der Waals surface area contributed by atoms with Crippen LogP contribution in [0.3, 0.4) is 0 Å². The van der Waals surface area contributed by atoms with Crippen molar-refractivity contribution >= 4 is 22.4 Å². The molecule has 5 saturated carbocycles. The Labute approximate surface area is 220 Å². The summed E-state index contributed by atoms with van der Waals surface area (Å²) in [5, 5.41) is 34.9. The summed E-state index contributed by atoms with van der Waals surface area (Å²) in [7, 11) is 0. The summed E-state index contributed by atoms with van der Waals surface area (Å²) in [6, 6.07) is 0. The molecule has 0 unspecified atom stereocenters. The van der Waals surface area contributed by atoms with Crippen molar-refractivity contribution in [2.45, 2.75) is 116 Å². The third kappa shape index (κ3) is 4.25. The van der Waals surface area contributed by atoms with E-state index in [1.54, 1.807) is 0 Å². The SMILES string of the molecule is C[C@H](CCC(=O)Nc1nnc(C2CC2)s1)[C@H]1CC[C@H]2[C@@H]3[C@@H](O)C[C@@H]4C[C@H](O)CC[C@]4(C)[C@H]3CC[C@]12C. The number of carbonyl (C=O) groups excluding carboxylic acids is 1. The Morgan fingerprint density at radius 1 is 1.03 bits per heavy atom. The highest BCUT2D eigenvalue weighted by atomic mass is 32.1. The van der Waals surface area contributed by atoms with E-state index >= 15 is 0 Å². The summed E-state index contributed by atoms with van der Waals surface area (Å²) in [6.45, 7) is 7.34. The van der Waals surface area contributed by atoms with Gasteiger partial charge in [0.2, 0.25) is 11.0 Å². The minimum absolute atomic E-state index is 0.0601. The molecule has 5 aliphatic carbocycles. The van der Waals surface area contributed by atoms with Crippen LogP contribution < -0.4 is 5.32 Å². The number of aliphatic hydroxyl groups is 2. The standard InChI is InChI=1S/C29H45N3O3S/c1-16(4-9-24(35)30-27-32-31-26(36-27)17-5-6-17)20-7-8-21-25-22(11-13-29(20,21)3)28(2)12-10-19(33)14-18(28)15-23(25)34/h16-23,25,33-34H,4-15H2,1-3H3,(H,30,32,35)/t16-,18+,19-,20-,21+,22+,23+,25+,28+,29-/m1/s1. The third-order valence-corrected chi connectivity index (χ3v) is 12.9. The maximum absolute atomic E-state index is 12.7. The largest absolute Gasteiger partial charge is 0.393 e. The zero-order chi connectivity index (χ0) is 25.2. The number of rotatable bonds is 6. The fourth-order valence-corrected chi connectivity index (χ4v) is 10.6. The van der Waals surface area contributed by atoms with E-state index in [-0.39, 0.29) is 28.9 Å². The molecule has 10 atom stereocenters. The van der Waals surface area contributed by atoms with E-state index < -0.39 is 0 Å². The molecule has 3 N–H and O–H groups in total. The first-order chi connectivity index (χ1) is 17.2. The third-order valence-electron chi connectivity index (χ3n) is 11.9. The van der Waals surface area contributed by atoms with Crippen LogP contribution in [0.15, 0.2) is 0 Å². The molecule has 1 amide bonds. The molecule has 200 valence electrons. The minimum atomic E-state index is -0.227. The van der Waals surface area contributed by atoms with Crippen molar-refractivity contribution in [2.24, 2.45) is 46.3 Å². The predicted octanol–water partition coefficient (Wildman–Crippen LogP) is 5.76. The monoisotopic (exact) mass is 515 g/mol. The van der Waals surface area contributed by atoms with Gasteiger partial charge in [0.15, 0.2) is 0 Å². The van der Waals surface area contributed by atoms with Gasteiger partial charge in [0.1, 0.15) is 5.01 Å². The predicted molar refractivity (Wildman–Crippen MR) is 142 cm³/mol. The van der Waals surface area contributed by atoms with Crippen molar-refractivity contribution in [3.8, 4) is 0 Å². The normalized spacial score (nSPS) is 44.9. The van der Waals surface area contributed by atoms with Gasteiger partial charge in [-0.2, -0.15) is 0 Å². The van der Waals surface area contributed by atoms with Gasteiger partial charge in [-0.1, -0.05) is 32.1 Å². The molecule has 0 spiro atoms. The maximum Gasteiger partial charge on any atom is 0.226 e. The molecule has 7 heteroatoms. The first-order valence-electron chi connectivity index (χ1n) is 14.7. The van der Waals surface area contributed by atoms with Crippen molar-refractivity contribution in [1.29, 1.82) is 0 Å². The molecule has 0 saturated heterocycles. The van der Waals surface area contributed by atoms with E-state index in [0.717, 1.165) is 37.1 Å². The van der Waals surface area contributed by atoms with Gasteiger partial charge in [0, 0.05) is 12.3 Å². The van der Waals surface area contributed by atoms with Gasteiger partial charge in [-0.05, 0) is 117 Å². The molecule has 1 aromatic rings. The van der Waals surface area contributed by atoms with E-state index in [4.69, 9.17) is 0 Å². The smallest absolute Gasteiger partial charge is 0.226 e. The second kappa shape index (κ2) is 9.30. The zero-order valence-electron chi connectivity index (χ0n) is 22.3. The highest BCUT2D eigenvalue weighted by molar-refractivity contribution is 7.15. The molecule has 0 bridgehead atoms. The van der Waals surface area contributed by atoms with Gasteiger partial charge in [-0.3, -0.25) is 4.79 Å². The van der Waals surface area contributed by atoms with Gasteiger partial charge in [0.05, 0.1) is 12.2 Å². The van der Waals surface area contributed by atoms with Crippen LogP contribution in [0.5, 0.6) is 0 Å². The highest BCUT2D eigenvalue weighted by Crippen LogP contribution is 2.68. The summed E-state index contributed by atoms with van der Waals surface area (Å²) in [6.07, 6.45) is 12.1. The number of anilines is 1. The molecule has 0 aliphatic heterocycles. The first-order valence-corrected chi connectivity index (χ1v) is 15.5. The van der Waals surface area contributed by atoms with E-state index in [2.05, 4.69) is 36.3 Å². The quantitative estimate of drug-likeness (QED) is 0.448. The van der Waals surface area contributed by atoms with Crippen LogP contribution in [0.1, 0.15) is 109 Å². The van der Waals surface area contributed by atoms with Gasteiger partial charge >= 0.3 is 0 Å². The lowest BCUT2D eigenvalue weighted by molar-refractivity contribution is -0.174. The van der Waals surface area contributed by atoms with E-state index in [1.165, 1.54) is 49.9 Å². The summed E-state index contributed by atoms with van der Waals surface area (Å²) in [5.74, 6) is 3.77. The Bertz CT molecular complexity index is 981. The fraction of sp³-hybridized carbons (Fsp3) is 0.897. The summed E-state index contributed by atoms with van der Waals surface area (Å²) >= 11 is 1.53. The van der Waals surface area contributed by atoms with E-state index in [1.807, 2.05) is 0 Å². The summed E-state index contributed by atoms with van der Waals surface area (Å²) < 4.78 is 0. The highest BCUT2D eigenvalue weighted by Gasteiger charge is 2.62. The Morgan fingerprint density at radius 3 is 2.56 bits per heavy atom. The molecular formula is C29H45N3O3S. The van der Waals surface area contributed by atoms with Crippen molar-refractivity contribution in [3.63, 3.8) is 0 Å². The second-order valence-electron chi connectivity index (χ2n) is 13.7. The van der Waals surface area contributed by atoms with Crippen molar-refractivity contribution in [3.05, 3.63) is 5.01 Å². The van der Waals surface area contributed by atoms with Crippen LogP contribution in [0.25, 0.3) is 0 Å². The van der Waals surface area contributed by atoms with Gasteiger partial charge in [-0.25, -0.2) is 0 Å². The topological polar surface area (TPSA) is 95.3 Å². The van der Waals surface area contributed by atoms with Crippen LogP contribution >= 0.6 is 11.3 Å². The minimum Gasteiger partial charge on any atom is -0.393 e. The average molecular weight is 516 g/mol. The Balaban J connectivity index is 1.09. The van der Waals surface area contributed by atoms with Crippen molar-refractivity contribution in [2.75, 3.05) is 5.32 Å². The fourth-order valence-electron chi connectivity index (χ4n) is 9.70. The number of amides is 1. The van der Waals surface area contributed by atoms with E-state index in [9.17, 15) is 15.0 Å². The number of nitrogens with one attached hydrogen (secondary N) is 1. The van der Waals surface area contributed by atoms with Gasteiger partial charge < -0.3 is 15.5 Å². The molecule has 36 heavy (non-hydrogen) atoms. The molecule has 1 aromatic heterocycles. The van der Waals surface area contributed by atoms with Gasteiger partial charge in [0.25, 0.3) is 0 Å². The lowest BCUT2D eigenvalue weighted by atomic mass is 9.43. The van der Waals surface area contributed by atoms with Crippen molar-refractivity contribution < 1.29 is 15.0 Å². The number of carbonyl (C=O) groups is 1. The Hall–Kier alpha value is -1.05. The van der Waals surface area contributed by atoms with Crippen LogP contribution in [-0.4, -0.2) is 38.5 Å². The Morgan fingerprint density at radius 2 is 1.78 bits per heavy atom. The second-order valence-corrected chi connectivity index (χ2v) is 14.7. The number of nitrogens with zero attached hydrogens (tertiary/aromatic N) is 2. The molecule has 0 aromatic carbocycles. The molecule has 5 aliphatic rings. The van der Waals surface area contributed by atoms with Crippen molar-refractivity contribution in [1.82, 2.24) is 10.2 Å². The molecular weight excluding hydrogens is 470 g/mol. The Kier molecular flexibility index (Phi) is 6.52. The number of aromatic nitrogens is 2. The van der Waals surface area contributed by atoms with E-state index in [0.29, 0.717) is 53.0 Å². The number of hydrogen-bond donors (Lipinski definition) is 3. The number of aliphatic hydroxyl groups excluding tert-OH is 2. The lowest BCUT2D eigenvalue weighted by Gasteiger charge is -2.62. The zero-order valence-corrected chi connectivity index (χ0v) is 23.1. The summed E-state index contributed by atoms with van der Waals surface area (Å²) in [5.41, 5.74) is 0.532. The summed E-state index contributed by atoms with van der Waals surface area (Å²) in [4.78, 5) is 12.7. The number of fused-ring (bicyclic) bond motifs is 5. The number of hydrogen-bond acceptors (Lipinski definition) is 6. The molecule has 1 heterocycles. The molecule has 6 nitrogen and oxygen atoms in total.